The van der Waals surface area contributed by atoms with Gasteiger partial charge in [0.05, 0.1) is 13.2 Å². The first-order valence-electron chi connectivity index (χ1n) is 8.09. The van der Waals surface area contributed by atoms with Crippen LogP contribution in [-0.4, -0.2) is 19.1 Å². The van der Waals surface area contributed by atoms with Gasteiger partial charge in [0.15, 0.2) is 12.0 Å². The maximum atomic E-state index is 12.9. The molecule has 3 rings (SSSR count). The number of para-hydroxylation sites is 1. The van der Waals surface area contributed by atoms with Gasteiger partial charge in [0.2, 0.25) is 0 Å². The van der Waals surface area contributed by atoms with Crippen LogP contribution in [0.1, 0.15) is 38.2 Å². The molecule has 0 spiro atoms. The Bertz CT molecular complexity index is 745. The second-order valence-electron chi connectivity index (χ2n) is 7.23. The standard InChI is InChI=1S/C19H22N2O3/c1-19(2)8-13(22)17-15(9-19)24-18(21)12(10-20)16(17)11-6-4-5-7-14(11)23-3/h4-7,12,16,18H,8-9,21H2,1-3H3. The summed E-state index contributed by atoms with van der Waals surface area (Å²) in [6.45, 7) is 4.08. The first-order chi connectivity index (χ1) is 11.4. The van der Waals surface area contributed by atoms with Crippen LogP contribution in [0.5, 0.6) is 5.75 Å². The Labute approximate surface area is 142 Å². The van der Waals surface area contributed by atoms with Crippen molar-refractivity contribution in [1.82, 2.24) is 0 Å². The molecule has 0 amide bonds. The van der Waals surface area contributed by atoms with E-state index in [2.05, 4.69) is 6.07 Å². The summed E-state index contributed by atoms with van der Waals surface area (Å²) in [6, 6.07) is 9.71. The highest BCUT2D eigenvalue weighted by Gasteiger charge is 2.47. The molecule has 0 radical (unpaired) electrons. The Balaban J connectivity index is 2.19. The summed E-state index contributed by atoms with van der Waals surface area (Å²) in [5.41, 5.74) is 7.35. The highest BCUT2D eigenvalue weighted by molar-refractivity contribution is 5.99. The quantitative estimate of drug-likeness (QED) is 0.903. The number of rotatable bonds is 2. The molecule has 2 aliphatic rings. The molecule has 3 unspecified atom stereocenters. The van der Waals surface area contributed by atoms with Crippen LogP contribution < -0.4 is 10.5 Å². The van der Waals surface area contributed by atoms with Crippen LogP contribution >= 0.6 is 0 Å². The van der Waals surface area contributed by atoms with Gasteiger partial charge in [0.1, 0.15) is 17.4 Å². The molecular formula is C19H22N2O3. The summed E-state index contributed by atoms with van der Waals surface area (Å²) < 4.78 is 11.3. The molecule has 1 aromatic rings. The zero-order valence-corrected chi connectivity index (χ0v) is 14.2. The van der Waals surface area contributed by atoms with Gasteiger partial charge in [0.25, 0.3) is 0 Å². The van der Waals surface area contributed by atoms with E-state index in [-0.39, 0.29) is 11.2 Å². The van der Waals surface area contributed by atoms with Gasteiger partial charge < -0.3 is 9.47 Å². The normalized spacial score (nSPS) is 28.6. The van der Waals surface area contributed by atoms with E-state index >= 15 is 0 Å². The smallest absolute Gasteiger partial charge is 0.164 e. The molecule has 0 aromatic heterocycles. The van der Waals surface area contributed by atoms with Crippen LogP contribution in [0.2, 0.25) is 0 Å². The maximum Gasteiger partial charge on any atom is 0.164 e. The maximum absolute atomic E-state index is 12.9. The molecule has 1 aliphatic carbocycles. The molecule has 24 heavy (non-hydrogen) atoms. The van der Waals surface area contributed by atoms with E-state index in [1.807, 2.05) is 38.1 Å². The van der Waals surface area contributed by atoms with Crippen molar-refractivity contribution in [3.05, 3.63) is 41.2 Å². The second-order valence-corrected chi connectivity index (χ2v) is 7.23. The number of nitrogens with two attached hydrogens (primary N) is 1. The number of hydrogen-bond donors (Lipinski definition) is 1. The van der Waals surface area contributed by atoms with Crippen LogP contribution in [-0.2, 0) is 9.53 Å². The summed E-state index contributed by atoms with van der Waals surface area (Å²) in [7, 11) is 1.58. The number of ketones is 1. The highest BCUT2D eigenvalue weighted by Crippen LogP contribution is 2.49. The van der Waals surface area contributed by atoms with Gasteiger partial charge in [-0.15, -0.1) is 0 Å². The number of benzene rings is 1. The Kier molecular flexibility index (Phi) is 4.10. The van der Waals surface area contributed by atoms with E-state index in [0.29, 0.717) is 29.9 Å². The Morgan fingerprint density at radius 3 is 2.71 bits per heavy atom. The number of carbonyl (C=O) groups excluding carboxylic acids is 1. The molecule has 126 valence electrons. The number of allylic oxidation sites excluding steroid dienone is 2. The van der Waals surface area contributed by atoms with E-state index in [4.69, 9.17) is 15.2 Å². The van der Waals surface area contributed by atoms with E-state index in [1.54, 1.807) is 7.11 Å². The lowest BCUT2D eigenvalue weighted by molar-refractivity contribution is -0.120. The van der Waals surface area contributed by atoms with Gasteiger partial charge in [-0.25, -0.2) is 0 Å². The fraction of sp³-hybridized carbons (Fsp3) is 0.474. The SMILES string of the molecule is COc1ccccc1C1C2=C(CC(C)(C)CC2=O)OC(N)C1C#N. The van der Waals surface area contributed by atoms with Crippen LogP contribution in [0.4, 0.5) is 0 Å². The van der Waals surface area contributed by atoms with Crippen molar-refractivity contribution < 1.29 is 14.3 Å². The molecule has 1 heterocycles. The number of hydrogen-bond acceptors (Lipinski definition) is 5. The summed E-state index contributed by atoms with van der Waals surface area (Å²) >= 11 is 0. The van der Waals surface area contributed by atoms with Gasteiger partial charge >= 0.3 is 0 Å². The van der Waals surface area contributed by atoms with Crippen LogP contribution in [0.15, 0.2) is 35.6 Å². The van der Waals surface area contributed by atoms with Crippen LogP contribution in [0.3, 0.4) is 0 Å². The summed E-state index contributed by atoms with van der Waals surface area (Å²) in [5.74, 6) is 0.260. The fourth-order valence-corrected chi connectivity index (χ4v) is 3.76. The minimum atomic E-state index is -0.759. The lowest BCUT2D eigenvalue weighted by Gasteiger charge is -2.42. The Hall–Kier alpha value is -2.32. The molecular weight excluding hydrogens is 304 g/mol. The third-order valence-electron chi connectivity index (χ3n) is 4.80. The lowest BCUT2D eigenvalue weighted by atomic mass is 9.68. The Morgan fingerprint density at radius 2 is 2.04 bits per heavy atom. The largest absolute Gasteiger partial charge is 0.496 e. The van der Waals surface area contributed by atoms with E-state index in [9.17, 15) is 10.1 Å². The highest BCUT2D eigenvalue weighted by atomic mass is 16.5. The molecule has 2 N–H and O–H groups in total. The molecule has 0 saturated carbocycles. The zero-order chi connectivity index (χ0) is 17.5. The van der Waals surface area contributed by atoms with Crippen molar-refractivity contribution >= 4 is 5.78 Å². The molecule has 5 heteroatoms. The predicted molar refractivity (Wildman–Crippen MR) is 88.9 cm³/mol. The molecule has 0 fully saturated rings. The number of methoxy groups -OCH3 is 1. The van der Waals surface area contributed by atoms with Gasteiger partial charge in [-0.1, -0.05) is 32.0 Å². The van der Waals surface area contributed by atoms with Gasteiger partial charge in [-0.3, -0.25) is 10.5 Å². The van der Waals surface area contributed by atoms with Crippen molar-refractivity contribution in [1.29, 1.82) is 5.26 Å². The van der Waals surface area contributed by atoms with Crippen molar-refractivity contribution in [2.75, 3.05) is 7.11 Å². The molecule has 1 aromatic carbocycles. The number of carbonyl (C=O) groups is 1. The van der Waals surface area contributed by atoms with Crippen LogP contribution in [0.25, 0.3) is 0 Å². The summed E-state index contributed by atoms with van der Waals surface area (Å²) in [4.78, 5) is 12.9. The summed E-state index contributed by atoms with van der Waals surface area (Å²) in [5, 5.41) is 9.65. The van der Waals surface area contributed by atoms with Gasteiger partial charge in [0, 0.05) is 29.9 Å². The molecule has 0 saturated heterocycles. The van der Waals surface area contributed by atoms with Gasteiger partial charge in [-0.05, 0) is 11.5 Å². The lowest BCUT2D eigenvalue weighted by Crippen LogP contribution is -2.44. The van der Waals surface area contributed by atoms with E-state index in [1.165, 1.54) is 0 Å². The topological polar surface area (TPSA) is 85.3 Å². The molecule has 1 aliphatic heterocycles. The molecule has 5 nitrogen and oxygen atoms in total. The van der Waals surface area contributed by atoms with E-state index < -0.39 is 18.1 Å². The number of nitrogens with zero attached hydrogens (tertiary/aromatic N) is 1. The van der Waals surface area contributed by atoms with Crippen molar-refractivity contribution in [3.8, 4) is 11.8 Å². The van der Waals surface area contributed by atoms with Crippen molar-refractivity contribution in [3.63, 3.8) is 0 Å². The fourth-order valence-electron chi connectivity index (χ4n) is 3.76. The molecule has 3 atom stereocenters. The third-order valence-corrected chi connectivity index (χ3v) is 4.80. The summed E-state index contributed by atoms with van der Waals surface area (Å²) in [6.07, 6.45) is 0.324. The first-order valence-corrected chi connectivity index (χ1v) is 8.09. The minimum Gasteiger partial charge on any atom is -0.496 e. The number of Topliss-reactive ketones (excluding diaryl/α,β-unsaturated/α-hetero) is 1. The monoisotopic (exact) mass is 326 g/mol. The van der Waals surface area contributed by atoms with Crippen molar-refractivity contribution in [2.45, 2.75) is 38.8 Å². The predicted octanol–water partition coefficient (Wildman–Crippen LogP) is 2.88. The third kappa shape index (κ3) is 2.67. The minimum absolute atomic E-state index is 0.0318. The second kappa shape index (κ2) is 5.95. The average molecular weight is 326 g/mol. The van der Waals surface area contributed by atoms with Gasteiger partial charge in [-0.2, -0.15) is 5.26 Å². The average Bonchev–Trinajstić information content (AvgIpc) is 2.52. The number of ether oxygens (including phenoxy) is 2. The zero-order valence-electron chi connectivity index (χ0n) is 14.2. The van der Waals surface area contributed by atoms with Crippen LogP contribution in [0, 0.1) is 22.7 Å². The van der Waals surface area contributed by atoms with Crippen molar-refractivity contribution in [2.24, 2.45) is 17.1 Å². The Morgan fingerprint density at radius 1 is 1.33 bits per heavy atom. The number of nitriles is 1. The molecule has 0 bridgehead atoms. The first kappa shape index (κ1) is 16.5. The van der Waals surface area contributed by atoms with E-state index in [0.717, 1.165) is 5.56 Å².